The third-order valence-electron chi connectivity index (χ3n) is 2.20. The summed E-state index contributed by atoms with van der Waals surface area (Å²) in [4.78, 5) is 17.0. The molecule has 0 spiro atoms. The highest BCUT2D eigenvalue weighted by molar-refractivity contribution is 14.1. The molecule has 0 aliphatic heterocycles. The highest BCUT2D eigenvalue weighted by Crippen LogP contribution is 2.16. The van der Waals surface area contributed by atoms with Gasteiger partial charge in [-0.25, -0.2) is 4.98 Å². The maximum Gasteiger partial charge on any atom is 0.266 e. The van der Waals surface area contributed by atoms with Gasteiger partial charge in [0, 0.05) is 23.4 Å². The highest BCUT2D eigenvalue weighted by atomic mass is 127. The molecule has 0 radical (unpaired) electrons. The molecule has 0 atom stereocenters. The van der Waals surface area contributed by atoms with E-state index in [1.807, 2.05) is 40.8 Å². The summed E-state index contributed by atoms with van der Waals surface area (Å²) < 4.78 is 2.31. The van der Waals surface area contributed by atoms with E-state index < -0.39 is 0 Å². The molecule has 0 saturated heterocycles. The minimum absolute atomic E-state index is 0.0364. The predicted octanol–water partition coefficient (Wildman–Crippen LogP) is 2.64. The minimum Gasteiger partial charge on any atom is -0.298 e. The van der Waals surface area contributed by atoms with Gasteiger partial charge < -0.3 is 0 Å². The van der Waals surface area contributed by atoms with Gasteiger partial charge in [0.25, 0.3) is 5.56 Å². The highest BCUT2D eigenvalue weighted by Gasteiger charge is 2.00. The van der Waals surface area contributed by atoms with E-state index in [1.54, 1.807) is 28.9 Å². The van der Waals surface area contributed by atoms with Gasteiger partial charge in [-0.2, -0.15) is 0 Å². The van der Waals surface area contributed by atoms with Crippen LogP contribution in [-0.2, 0) is 6.54 Å². The minimum atomic E-state index is 0.0364. The van der Waals surface area contributed by atoms with Crippen LogP contribution in [0.2, 0.25) is 0 Å². The second kappa shape index (κ2) is 6.20. The average Bonchev–Trinajstić information content (AvgIpc) is 2.36. The molecule has 1 aromatic carbocycles. The van der Waals surface area contributed by atoms with Crippen molar-refractivity contribution in [2.45, 2.75) is 11.4 Å². The largest absolute Gasteiger partial charge is 0.298 e. The van der Waals surface area contributed by atoms with Gasteiger partial charge in [-0.05, 0) is 34.7 Å². The van der Waals surface area contributed by atoms with Gasteiger partial charge in [0.2, 0.25) is 0 Å². The first-order chi connectivity index (χ1) is 8.27. The van der Waals surface area contributed by atoms with Crippen LogP contribution >= 0.6 is 34.4 Å². The van der Waals surface area contributed by atoms with Crippen LogP contribution in [0.4, 0.5) is 0 Å². The first-order valence-electron chi connectivity index (χ1n) is 5.15. The number of benzene rings is 1. The van der Waals surface area contributed by atoms with E-state index in [0.717, 1.165) is 5.75 Å². The summed E-state index contributed by atoms with van der Waals surface area (Å²) in [5.74, 6) is 0.867. The maximum absolute atomic E-state index is 11.7. The molecule has 2 aromatic rings. The van der Waals surface area contributed by atoms with Crippen LogP contribution in [-0.4, -0.2) is 15.3 Å². The van der Waals surface area contributed by atoms with Crippen molar-refractivity contribution in [3.63, 3.8) is 0 Å². The van der Waals surface area contributed by atoms with Crippen LogP contribution in [0.5, 0.6) is 0 Å². The smallest absolute Gasteiger partial charge is 0.266 e. The molecular formula is C12H11IN2OS. The molecule has 0 aliphatic rings. The number of aryl methyl sites for hydroxylation is 1. The van der Waals surface area contributed by atoms with E-state index >= 15 is 0 Å². The first-order valence-corrected chi connectivity index (χ1v) is 7.21. The number of aromatic nitrogens is 2. The molecule has 17 heavy (non-hydrogen) atoms. The Morgan fingerprint density at radius 3 is 2.82 bits per heavy atom. The third-order valence-corrected chi connectivity index (χ3v) is 3.94. The van der Waals surface area contributed by atoms with Crippen LogP contribution < -0.4 is 5.56 Å². The van der Waals surface area contributed by atoms with Gasteiger partial charge >= 0.3 is 0 Å². The number of hydrogen-bond acceptors (Lipinski definition) is 3. The number of thioether (sulfide) groups is 1. The third kappa shape index (κ3) is 3.57. The Labute approximate surface area is 117 Å². The molecule has 1 heterocycles. The number of halogens is 1. The molecule has 5 heteroatoms. The summed E-state index contributed by atoms with van der Waals surface area (Å²) >= 11 is 3.75. The lowest BCUT2D eigenvalue weighted by Crippen LogP contribution is -2.23. The molecule has 1 aromatic heterocycles. The molecule has 0 fully saturated rings. The number of nitrogens with zero attached hydrogens (tertiary/aromatic N) is 2. The Morgan fingerprint density at radius 2 is 2.06 bits per heavy atom. The van der Waals surface area contributed by atoms with Gasteiger partial charge in [-0.15, -0.1) is 11.8 Å². The molecule has 0 unspecified atom stereocenters. The Kier molecular flexibility index (Phi) is 4.61. The van der Waals surface area contributed by atoms with Gasteiger partial charge in [0.05, 0.1) is 9.90 Å². The molecule has 88 valence electrons. The van der Waals surface area contributed by atoms with Crippen LogP contribution in [0.1, 0.15) is 0 Å². The van der Waals surface area contributed by atoms with E-state index in [4.69, 9.17) is 0 Å². The van der Waals surface area contributed by atoms with Crippen molar-refractivity contribution in [2.75, 3.05) is 5.75 Å². The van der Waals surface area contributed by atoms with Crippen LogP contribution in [0.3, 0.4) is 0 Å². The number of hydrogen-bond donors (Lipinski definition) is 0. The fraction of sp³-hybridized carbons (Fsp3) is 0.167. The van der Waals surface area contributed by atoms with E-state index in [0.29, 0.717) is 10.1 Å². The molecular weight excluding hydrogens is 347 g/mol. The van der Waals surface area contributed by atoms with Crippen molar-refractivity contribution >= 4 is 34.4 Å². The topological polar surface area (TPSA) is 34.9 Å². The van der Waals surface area contributed by atoms with Crippen LogP contribution in [0.15, 0.2) is 52.5 Å². The fourth-order valence-electron chi connectivity index (χ4n) is 1.36. The van der Waals surface area contributed by atoms with Crippen molar-refractivity contribution in [3.8, 4) is 0 Å². The van der Waals surface area contributed by atoms with Crippen LogP contribution in [0, 0.1) is 3.57 Å². The van der Waals surface area contributed by atoms with E-state index in [-0.39, 0.29) is 5.56 Å². The summed E-state index contributed by atoms with van der Waals surface area (Å²) in [6.07, 6.45) is 3.18. The van der Waals surface area contributed by atoms with Gasteiger partial charge in [-0.1, -0.05) is 18.2 Å². The van der Waals surface area contributed by atoms with Crippen LogP contribution in [0.25, 0.3) is 0 Å². The van der Waals surface area contributed by atoms with Crippen molar-refractivity contribution in [2.24, 2.45) is 0 Å². The molecule has 0 N–H and O–H groups in total. The van der Waals surface area contributed by atoms with Crippen molar-refractivity contribution in [1.29, 1.82) is 0 Å². The average molecular weight is 358 g/mol. The Morgan fingerprint density at radius 1 is 1.29 bits per heavy atom. The Hall–Kier alpha value is -0.820. The lowest BCUT2D eigenvalue weighted by Gasteiger charge is -2.05. The zero-order chi connectivity index (χ0) is 12.1. The quantitative estimate of drug-likeness (QED) is 0.623. The zero-order valence-electron chi connectivity index (χ0n) is 9.04. The van der Waals surface area contributed by atoms with E-state index in [2.05, 4.69) is 17.1 Å². The maximum atomic E-state index is 11.7. The lowest BCUT2D eigenvalue weighted by molar-refractivity contribution is 0.708. The summed E-state index contributed by atoms with van der Waals surface area (Å²) in [6, 6.07) is 10.2. The summed E-state index contributed by atoms with van der Waals surface area (Å²) in [5.41, 5.74) is 0.0364. The molecule has 0 bridgehead atoms. The molecule has 2 rings (SSSR count). The summed E-state index contributed by atoms with van der Waals surface area (Å²) in [5, 5.41) is 0. The summed E-state index contributed by atoms with van der Waals surface area (Å²) in [7, 11) is 0. The Balaban J connectivity index is 1.95. The normalized spacial score (nSPS) is 10.4. The number of rotatable bonds is 4. The molecule has 0 aliphatic carbocycles. The van der Waals surface area contributed by atoms with Crippen molar-refractivity contribution in [3.05, 3.63) is 56.8 Å². The summed E-state index contributed by atoms with van der Waals surface area (Å²) in [6.45, 7) is 0.683. The van der Waals surface area contributed by atoms with E-state index in [9.17, 15) is 4.79 Å². The fourth-order valence-corrected chi connectivity index (χ4v) is 2.71. The first kappa shape index (κ1) is 12.6. The molecule has 3 nitrogen and oxygen atoms in total. The zero-order valence-corrected chi connectivity index (χ0v) is 12.0. The van der Waals surface area contributed by atoms with Crippen molar-refractivity contribution in [1.82, 2.24) is 9.55 Å². The monoisotopic (exact) mass is 358 g/mol. The second-order valence-corrected chi connectivity index (χ2v) is 5.73. The molecule has 0 saturated carbocycles. The predicted molar refractivity (Wildman–Crippen MR) is 78.4 cm³/mol. The van der Waals surface area contributed by atoms with Crippen molar-refractivity contribution < 1.29 is 0 Å². The second-order valence-electron chi connectivity index (χ2n) is 3.40. The van der Waals surface area contributed by atoms with Gasteiger partial charge in [0.1, 0.15) is 0 Å². The SMILES string of the molecule is O=c1c(I)cncn1CCSc1ccccc1. The Bertz CT molecular complexity index is 542. The molecule has 0 amide bonds. The van der Waals surface area contributed by atoms with Gasteiger partial charge in [0.15, 0.2) is 0 Å². The van der Waals surface area contributed by atoms with E-state index in [1.165, 1.54) is 4.90 Å². The standard InChI is InChI=1S/C12H11IN2OS/c13-11-8-14-9-15(12(11)16)6-7-17-10-4-2-1-3-5-10/h1-5,8-9H,6-7H2. The van der Waals surface area contributed by atoms with Gasteiger partial charge in [-0.3, -0.25) is 9.36 Å². The lowest BCUT2D eigenvalue weighted by atomic mass is 10.4.